The minimum Gasteiger partial charge on any atom is -0.481 e. The summed E-state index contributed by atoms with van der Waals surface area (Å²) < 4.78 is 0. The monoisotopic (exact) mass is 242 g/mol. The maximum atomic E-state index is 11.8. The molecular formula is C12H22N2O3. The lowest BCUT2D eigenvalue weighted by molar-refractivity contribution is -0.146. The number of nitrogens with one attached hydrogen (secondary N) is 1. The summed E-state index contributed by atoms with van der Waals surface area (Å²) >= 11 is 0. The first-order valence-corrected chi connectivity index (χ1v) is 5.61. The van der Waals surface area contributed by atoms with Gasteiger partial charge in [0.25, 0.3) is 0 Å². The van der Waals surface area contributed by atoms with Crippen LogP contribution in [0.2, 0.25) is 0 Å². The Hall–Kier alpha value is -1.52. The van der Waals surface area contributed by atoms with E-state index in [1.54, 1.807) is 18.7 Å². The summed E-state index contributed by atoms with van der Waals surface area (Å²) in [6.45, 7) is 11.8. The Morgan fingerprint density at radius 1 is 1.41 bits per heavy atom. The third kappa shape index (κ3) is 5.38. The van der Waals surface area contributed by atoms with Crippen molar-refractivity contribution in [1.82, 2.24) is 10.2 Å². The molecule has 2 amide bonds. The first kappa shape index (κ1) is 15.5. The van der Waals surface area contributed by atoms with Gasteiger partial charge >= 0.3 is 12.0 Å². The van der Waals surface area contributed by atoms with Crippen LogP contribution < -0.4 is 5.32 Å². The molecule has 0 saturated heterocycles. The Labute approximate surface area is 102 Å². The van der Waals surface area contributed by atoms with Gasteiger partial charge in [0.1, 0.15) is 0 Å². The highest BCUT2D eigenvalue weighted by atomic mass is 16.4. The molecule has 5 nitrogen and oxygen atoms in total. The number of aliphatic carboxylic acids is 1. The Balaban J connectivity index is 4.34. The highest BCUT2D eigenvalue weighted by molar-refractivity contribution is 5.77. The van der Waals surface area contributed by atoms with Crippen LogP contribution in [0, 0.1) is 5.41 Å². The van der Waals surface area contributed by atoms with Crippen molar-refractivity contribution in [2.45, 2.75) is 27.7 Å². The maximum Gasteiger partial charge on any atom is 0.317 e. The molecule has 5 heteroatoms. The van der Waals surface area contributed by atoms with Gasteiger partial charge in [0.2, 0.25) is 0 Å². The first-order chi connectivity index (χ1) is 7.70. The number of carboxylic acid groups (broad SMARTS) is 1. The summed E-state index contributed by atoms with van der Waals surface area (Å²) in [6, 6.07) is -0.259. The SMILES string of the molecule is C=C(C)CN(CC)C(=O)NCC(C)(C)C(=O)O. The van der Waals surface area contributed by atoms with E-state index in [2.05, 4.69) is 11.9 Å². The molecule has 0 atom stereocenters. The highest BCUT2D eigenvalue weighted by Gasteiger charge is 2.28. The molecule has 0 rings (SSSR count). The Morgan fingerprint density at radius 3 is 2.29 bits per heavy atom. The molecule has 0 aliphatic rings. The molecule has 0 aliphatic heterocycles. The summed E-state index contributed by atoms with van der Waals surface area (Å²) in [4.78, 5) is 24.2. The fraction of sp³-hybridized carbons (Fsp3) is 0.667. The van der Waals surface area contributed by atoms with Crippen LogP contribution in [0.25, 0.3) is 0 Å². The zero-order valence-electron chi connectivity index (χ0n) is 11.0. The van der Waals surface area contributed by atoms with Crippen molar-refractivity contribution >= 4 is 12.0 Å². The number of likely N-dealkylation sites (N-methyl/N-ethyl adjacent to an activating group) is 1. The van der Waals surface area contributed by atoms with Crippen molar-refractivity contribution in [1.29, 1.82) is 0 Å². The van der Waals surface area contributed by atoms with E-state index >= 15 is 0 Å². The van der Waals surface area contributed by atoms with E-state index in [0.717, 1.165) is 5.57 Å². The van der Waals surface area contributed by atoms with Crippen LogP contribution in [0.1, 0.15) is 27.7 Å². The minimum absolute atomic E-state index is 0.105. The van der Waals surface area contributed by atoms with E-state index < -0.39 is 11.4 Å². The molecular weight excluding hydrogens is 220 g/mol. The molecule has 2 N–H and O–H groups in total. The number of carboxylic acids is 1. The van der Waals surface area contributed by atoms with E-state index in [9.17, 15) is 9.59 Å². The zero-order chi connectivity index (χ0) is 13.6. The predicted molar refractivity (Wildman–Crippen MR) is 66.9 cm³/mol. The highest BCUT2D eigenvalue weighted by Crippen LogP contribution is 2.13. The van der Waals surface area contributed by atoms with Crippen molar-refractivity contribution in [3.63, 3.8) is 0 Å². The standard InChI is InChI=1S/C12H22N2O3/c1-6-14(7-9(2)3)11(17)13-8-12(4,5)10(15)16/h2,6-8H2,1,3-5H3,(H,13,17)(H,15,16). The third-order valence-corrected chi connectivity index (χ3v) is 2.39. The normalized spacial score (nSPS) is 10.8. The van der Waals surface area contributed by atoms with Crippen LogP contribution in [0.5, 0.6) is 0 Å². The van der Waals surface area contributed by atoms with E-state index in [1.165, 1.54) is 0 Å². The number of carbonyl (C=O) groups is 2. The van der Waals surface area contributed by atoms with Gasteiger partial charge in [-0.25, -0.2) is 4.79 Å². The molecule has 17 heavy (non-hydrogen) atoms. The molecule has 0 bridgehead atoms. The second-order valence-electron chi connectivity index (χ2n) is 4.82. The average molecular weight is 242 g/mol. The lowest BCUT2D eigenvalue weighted by atomic mass is 9.94. The quantitative estimate of drug-likeness (QED) is 0.696. The van der Waals surface area contributed by atoms with Crippen LogP contribution in [0.4, 0.5) is 4.79 Å². The summed E-state index contributed by atoms with van der Waals surface area (Å²) in [6.07, 6.45) is 0. The Morgan fingerprint density at radius 2 is 1.94 bits per heavy atom. The van der Waals surface area contributed by atoms with Gasteiger partial charge < -0.3 is 15.3 Å². The largest absolute Gasteiger partial charge is 0.481 e. The van der Waals surface area contributed by atoms with Gasteiger partial charge in [-0.1, -0.05) is 12.2 Å². The summed E-state index contributed by atoms with van der Waals surface area (Å²) in [5.74, 6) is -0.930. The van der Waals surface area contributed by atoms with E-state index in [1.807, 2.05) is 13.8 Å². The molecule has 0 saturated carbocycles. The second kappa shape index (κ2) is 6.27. The number of carbonyl (C=O) groups excluding carboxylic acids is 1. The molecule has 0 aliphatic carbocycles. The lowest BCUT2D eigenvalue weighted by Crippen LogP contribution is -2.45. The van der Waals surface area contributed by atoms with Crippen molar-refractivity contribution in [3.8, 4) is 0 Å². The Kier molecular flexibility index (Phi) is 5.71. The molecule has 0 heterocycles. The maximum absolute atomic E-state index is 11.8. The molecule has 0 aromatic heterocycles. The molecule has 0 radical (unpaired) electrons. The van der Waals surface area contributed by atoms with Gasteiger partial charge in [-0.3, -0.25) is 4.79 Å². The van der Waals surface area contributed by atoms with Gasteiger partial charge in [0, 0.05) is 19.6 Å². The molecule has 0 spiro atoms. The topological polar surface area (TPSA) is 69.6 Å². The average Bonchev–Trinajstić information content (AvgIpc) is 2.22. The van der Waals surface area contributed by atoms with Crippen LogP contribution >= 0.6 is 0 Å². The number of urea groups is 1. The summed E-state index contributed by atoms with van der Waals surface area (Å²) in [5, 5.41) is 11.5. The number of amides is 2. The van der Waals surface area contributed by atoms with Crippen LogP contribution in [-0.2, 0) is 4.79 Å². The van der Waals surface area contributed by atoms with Crippen molar-refractivity contribution in [3.05, 3.63) is 12.2 Å². The number of rotatable bonds is 6. The molecule has 0 aromatic rings. The number of hydrogen-bond acceptors (Lipinski definition) is 2. The molecule has 98 valence electrons. The second-order valence-corrected chi connectivity index (χ2v) is 4.82. The van der Waals surface area contributed by atoms with Crippen LogP contribution in [0.15, 0.2) is 12.2 Å². The van der Waals surface area contributed by atoms with E-state index in [-0.39, 0.29) is 12.6 Å². The third-order valence-electron chi connectivity index (χ3n) is 2.39. The molecule has 0 unspecified atom stereocenters. The summed E-state index contributed by atoms with van der Waals surface area (Å²) in [5.41, 5.74) is -0.0716. The molecule has 0 aromatic carbocycles. The van der Waals surface area contributed by atoms with Gasteiger partial charge in [0.05, 0.1) is 5.41 Å². The fourth-order valence-corrected chi connectivity index (χ4v) is 1.14. The van der Waals surface area contributed by atoms with Crippen molar-refractivity contribution in [2.75, 3.05) is 19.6 Å². The van der Waals surface area contributed by atoms with Crippen molar-refractivity contribution in [2.24, 2.45) is 5.41 Å². The van der Waals surface area contributed by atoms with Crippen molar-refractivity contribution < 1.29 is 14.7 Å². The van der Waals surface area contributed by atoms with Crippen LogP contribution in [0.3, 0.4) is 0 Å². The first-order valence-electron chi connectivity index (χ1n) is 5.61. The lowest BCUT2D eigenvalue weighted by Gasteiger charge is -2.25. The number of hydrogen-bond donors (Lipinski definition) is 2. The van der Waals surface area contributed by atoms with Gasteiger partial charge in [-0.05, 0) is 27.7 Å². The molecule has 0 fully saturated rings. The van der Waals surface area contributed by atoms with Gasteiger partial charge in [0.15, 0.2) is 0 Å². The smallest absolute Gasteiger partial charge is 0.317 e. The van der Waals surface area contributed by atoms with E-state index in [0.29, 0.717) is 13.1 Å². The van der Waals surface area contributed by atoms with E-state index in [4.69, 9.17) is 5.11 Å². The minimum atomic E-state index is -0.960. The van der Waals surface area contributed by atoms with Crippen LogP contribution in [-0.4, -0.2) is 41.6 Å². The zero-order valence-corrected chi connectivity index (χ0v) is 11.0. The number of nitrogens with zero attached hydrogens (tertiary/aromatic N) is 1. The Bertz CT molecular complexity index is 311. The van der Waals surface area contributed by atoms with Gasteiger partial charge in [-0.15, -0.1) is 0 Å². The predicted octanol–water partition coefficient (Wildman–Crippen LogP) is 1.70. The van der Waals surface area contributed by atoms with Gasteiger partial charge in [-0.2, -0.15) is 0 Å². The fourth-order valence-electron chi connectivity index (χ4n) is 1.14. The summed E-state index contributed by atoms with van der Waals surface area (Å²) in [7, 11) is 0.